The zero-order valence-corrected chi connectivity index (χ0v) is 13.8. The molecule has 1 saturated carbocycles. The van der Waals surface area contributed by atoms with Gasteiger partial charge in [0.1, 0.15) is 0 Å². The number of benzene rings is 1. The van der Waals surface area contributed by atoms with E-state index in [2.05, 4.69) is 20.8 Å². The van der Waals surface area contributed by atoms with E-state index >= 15 is 0 Å². The van der Waals surface area contributed by atoms with Gasteiger partial charge in [0.05, 0.1) is 11.0 Å². The lowest BCUT2D eigenvalue weighted by Gasteiger charge is -2.36. The van der Waals surface area contributed by atoms with Crippen LogP contribution in [0, 0.1) is 24.7 Å². The first-order valence-electron chi connectivity index (χ1n) is 7.63. The lowest BCUT2D eigenvalue weighted by Crippen LogP contribution is -2.34. The van der Waals surface area contributed by atoms with Crippen LogP contribution in [0.15, 0.2) is 29.2 Å². The second-order valence-corrected chi connectivity index (χ2v) is 7.64. The summed E-state index contributed by atoms with van der Waals surface area (Å²) in [4.78, 5) is 0.774. The molecule has 112 valence electrons. The van der Waals surface area contributed by atoms with Crippen LogP contribution in [0.1, 0.15) is 45.6 Å². The summed E-state index contributed by atoms with van der Waals surface area (Å²) >= 11 is -1.34. The van der Waals surface area contributed by atoms with Gasteiger partial charge in [0, 0.05) is 0 Å². The third-order valence-electron chi connectivity index (χ3n) is 4.39. The fourth-order valence-electron chi connectivity index (χ4n) is 3.04. The summed E-state index contributed by atoms with van der Waals surface area (Å²) in [5, 5.41) is 0. The van der Waals surface area contributed by atoms with Crippen LogP contribution in [-0.2, 0) is 15.3 Å². The highest BCUT2D eigenvalue weighted by Crippen LogP contribution is 2.36. The van der Waals surface area contributed by atoms with Crippen molar-refractivity contribution in [3.05, 3.63) is 29.8 Å². The molecule has 0 heterocycles. The van der Waals surface area contributed by atoms with Gasteiger partial charge >= 0.3 is 0 Å². The van der Waals surface area contributed by atoms with Gasteiger partial charge in [-0.25, -0.2) is 4.21 Å². The highest BCUT2D eigenvalue weighted by atomic mass is 32.2. The Morgan fingerprint density at radius 3 is 2.45 bits per heavy atom. The maximum atomic E-state index is 12.4. The van der Waals surface area contributed by atoms with Crippen LogP contribution in [0.4, 0.5) is 0 Å². The molecule has 0 spiro atoms. The van der Waals surface area contributed by atoms with E-state index in [9.17, 15) is 4.21 Å². The SMILES string of the molecule is Cc1ccc(S(=O)O[C@H]2C[C@@H](C)CCC2C(C)C)cc1. The van der Waals surface area contributed by atoms with Gasteiger partial charge < -0.3 is 0 Å². The van der Waals surface area contributed by atoms with Crippen LogP contribution in [0.5, 0.6) is 0 Å². The standard InChI is InChI=1S/C17H26O2S/c1-12(2)16-10-7-14(4)11-17(16)19-20(18)15-8-5-13(3)6-9-15/h5-6,8-9,12,14,16-17H,7,10-11H2,1-4H3/t14-,16?,17-,20?/m0/s1. The summed E-state index contributed by atoms with van der Waals surface area (Å²) < 4.78 is 18.3. The highest BCUT2D eigenvalue weighted by molar-refractivity contribution is 7.80. The van der Waals surface area contributed by atoms with Crippen molar-refractivity contribution >= 4 is 11.1 Å². The van der Waals surface area contributed by atoms with E-state index in [1.54, 1.807) is 0 Å². The number of rotatable bonds is 4. The molecule has 1 aliphatic rings. The molecule has 3 heteroatoms. The predicted molar refractivity (Wildman–Crippen MR) is 83.8 cm³/mol. The van der Waals surface area contributed by atoms with Crippen LogP contribution in [-0.4, -0.2) is 10.3 Å². The largest absolute Gasteiger partial charge is 0.283 e. The van der Waals surface area contributed by atoms with Gasteiger partial charge in [0.2, 0.25) is 0 Å². The Hall–Kier alpha value is -0.670. The predicted octanol–water partition coefficient (Wildman–Crippen LogP) is 4.50. The molecule has 2 nitrogen and oxygen atoms in total. The van der Waals surface area contributed by atoms with Gasteiger partial charge in [-0.3, -0.25) is 4.18 Å². The van der Waals surface area contributed by atoms with Gasteiger partial charge in [-0.2, -0.15) is 0 Å². The van der Waals surface area contributed by atoms with Crippen LogP contribution < -0.4 is 0 Å². The Morgan fingerprint density at radius 1 is 1.20 bits per heavy atom. The molecule has 0 amide bonds. The van der Waals surface area contributed by atoms with Crippen molar-refractivity contribution in [2.24, 2.45) is 17.8 Å². The highest BCUT2D eigenvalue weighted by Gasteiger charge is 2.33. The minimum atomic E-state index is -1.34. The minimum Gasteiger partial charge on any atom is -0.283 e. The van der Waals surface area contributed by atoms with Crippen molar-refractivity contribution in [1.29, 1.82) is 0 Å². The first-order chi connectivity index (χ1) is 9.47. The zero-order valence-electron chi connectivity index (χ0n) is 13.0. The van der Waals surface area contributed by atoms with E-state index in [-0.39, 0.29) is 6.10 Å². The monoisotopic (exact) mass is 294 g/mol. The molecule has 1 aromatic rings. The molecule has 0 N–H and O–H groups in total. The first kappa shape index (κ1) is 15.7. The smallest absolute Gasteiger partial charge is 0.189 e. The normalized spacial score (nSPS) is 28.6. The van der Waals surface area contributed by atoms with Crippen LogP contribution in [0.3, 0.4) is 0 Å². The molecular weight excluding hydrogens is 268 g/mol. The summed E-state index contributed by atoms with van der Waals surface area (Å²) in [6.07, 6.45) is 3.61. The molecule has 0 bridgehead atoms. The van der Waals surface area contributed by atoms with Crippen molar-refractivity contribution in [3.8, 4) is 0 Å². The average molecular weight is 294 g/mol. The summed E-state index contributed by atoms with van der Waals surface area (Å²) in [7, 11) is 0. The van der Waals surface area contributed by atoms with Crippen LogP contribution >= 0.6 is 0 Å². The number of hydrogen-bond donors (Lipinski definition) is 0. The molecule has 4 atom stereocenters. The first-order valence-corrected chi connectivity index (χ1v) is 8.70. The Kier molecular flexibility index (Phi) is 5.39. The third-order valence-corrected chi connectivity index (χ3v) is 5.46. The fraction of sp³-hybridized carbons (Fsp3) is 0.647. The third kappa shape index (κ3) is 3.92. The molecule has 0 aromatic heterocycles. The van der Waals surface area contributed by atoms with Gasteiger partial charge in [-0.1, -0.05) is 44.9 Å². The minimum absolute atomic E-state index is 0.126. The van der Waals surface area contributed by atoms with E-state index in [0.29, 0.717) is 17.8 Å². The maximum Gasteiger partial charge on any atom is 0.189 e. The number of aryl methyl sites for hydroxylation is 1. The zero-order chi connectivity index (χ0) is 14.7. The van der Waals surface area contributed by atoms with E-state index < -0.39 is 11.1 Å². The lowest BCUT2D eigenvalue weighted by molar-refractivity contribution is 0.0567. The summed E-state index contributed by atoms with van der Waals surface area (Å²) in [6.45, 7) is 8.78. The number of hydrogen-bond acceptors (Lipinski definition) is 2. The molecule has 0 radical (unpaired) electrons. The Bertz CT molecular complexity index is 453. The Morgan fingerprint density at radius 2 is 1.85 bits per heavy atom. The van der Waals surface area contributed by atoms with Crippen LogP contribution in [0.2, 0.25) is 0 Å². The Labute approximate surface area is 125 Å². The van der Waals surface area contributed by atoms with E-state index in [1.165, 1.54) is 18.4 Å². The Balaban J connectivity index is 2.05. The molecule has 1 aromatic carbocycles. The fourth-order valence-corrected chi connectivity index (χ4v) is 3.96. The summed E-state index contributed by atoms with van der Waals surface area (Å²) in [6, 6.07) is 7.78. The second kappa shape index (κ2) is 6.86. The second-order valence-electron chi connectivity index (χ2n) is 6.51. The quantitative estimate of drug-likeness (QED) is 0.817. The van der Waals surface area contributed by atoms with Crippen molar-refractivity contribution in [2.45, 2.75) is 58.0 Å². The summed E-state index contributed by atoms with van der Waals surface area (Å²) in [5.74, 6) is 1.79. The molecule has 1 aliphatic carbocycles. The van der Waals surface area contributed by atoms with Crippen molar-refractivity contribution in [3.63, 3.8) is 0 Å². The molecule has 0 saturated heterocycles. The molecular formula is C17H26O2S. The molecule has 2 unspecified atom stereocenters. The van der Waals surface area contributed by atoms with E-state index in [1.807, 2.05) is 31.2 Å². The van der Waals surface area contributed by atoms with Crippen molar-refractivity contribution in [1.82, 2.24) is 0 Å². The summed E-state index contributed by atoms with van der Waals surface area (Å²) in [5.41, 5.74) is 1.18. The van der Waals surface area contributed by atoms with Crippen molar-refractivity contribution in [2.75, 3.05) is 0 Å². The van der Waals surface area contributed by atoms with E-state index in [4.69, 9.17) is 4.18 Å². The van der Waals surface area contributed by atoms with Gasteiger partial charge in [0.25, 0.3) is 0 Å². The molecule has 1 fully saturated rings. The van der Waals surface area contributed by atoms with Gasteiger partial charge in [0.15, 0.2) is 11.1 Å². The maximum absolute atomic E-state index is 12.4. The van der Waals surface area contributed by atoms with Crippen LogP contribution in [0.25, 0.3) is 0 Å². The van der Waals surface area contributed by atoms with Gasteiger partial charge in [-0.05, 0) is 49.7 Å². The molecule has 0 aliphatic heterocycles. The van der Waals surface area contributed by atoms with E-state index in [0.717, 1.165) is 11.3 Å². The molecule has 2 rings (SSSR count). The molecule has 20 heavy (non-hydrogen) atoms. The van der Waals surface area contributed by atoms with Gasteiger partial charge in [-0.15, -0.1) is 0 Å². The average Bonchev–Trinajstić information content (AvgIpc) is 2.39. The topological polar surface area (TPSA) is 26.3 Å². The van der Waals surface area contributed by atoms with Crippen molar-refractivity contribution < 1.29 is 8.39 Å². The lowest BCUT2D eigenvalue weighted by atomic mass is 9.75.